The zero-order valence-corrected chi connectivity index (χ0v) is 13.8. The molecule has 0 unspecified atom stereocenters. The van der Waals surface area contributed by atoms with Crippen molar-refractivity contribution in [2.75, 3.05) is 13.2 Å². The first-order valence-corrected chi connectivity index (χ1v) is 8.60. The van der Waals surface area contributed by atoms with Gasteiger partial charge in [0.25, 0.3) is 5.91 Å². The van der Waals surface area contributed by atoms with Crippen LogP contribution in [0.2, 0.25) is 0 Å². The Morgan fingerprint density at radius 2 is 2.04 bits per heavy atom. The Bertz CT molecular complexity index is 742. The molecule has 1 aliphatic heterocycles. The summed E-state index contributed by atoms with van der Waals surface area (Å²) in [5.41, 5.74) is 0. The maximum Gasteiger partial charge on any atom is 0.289 e. The van der Waals surface area contributed by atoms with E-state index in [1.807, 2.05) is 4.90 Å². The summed E-state index contributed by atoms with van der Waals surface area (Å²) in [5, 5.41) is 0. The minimum atomic E-state index is -0.311. The van der Waals surface area contributed by atoms with Gasteiger partial charge in [-0.05, 0) is 55.7 Å². The minimum Gasteiger partial charge on any atom is -0.486 e. The van der Waals surface area contributed by atoms with Crippen molar-refractivity contribution in [2.24, 2.45) is 0 Å². The number of carbonyl (C=O) groups excluding carboxylic acids is 1. The highest BCUT2D eigenvalue weighted by Crippen LogP contribution is 2.31. The van der Waals surface area contributed by atoms with Gasteiger partial charge >= 0.3 is 0 Å². The summed E-state index contributed by atoms with van der Waals surface area (Å²) in [5.74, 6) is 1.03. The number of amides is 1. The highest BCUT2D eigenvalue weighted by Gasteiger charge is 2.39. The lowest BCUT2D eigenvalue weighted by atomic mass is 10.1. The Morgan fingerprint density at radius 3 is 2.88 bits per heavy atom. The number of benzene rings is 1. The monoisotopic (exact) mass is 345 g/mol. The van der Waals surface area contributed by atoms with Crippen LogP contribution in [0, 0.1) is 5.82 Å². The molecule has 6 heteroatoms. The Hall–Kier alpha value is -2.34. The smallest absolute Gasteiger partial charge is 0.289 e. The number of halogens is 1. The Kier molecular flexibility index (Phi) is 4.44. The standard InChI is InChI=1S/C19H20FNO4/c20-13-4-6-14(7-5-13)24-12-15-8-9-18(25-15)19(22)21-10-11-23-17-3-1-2-16(17)21/h4-9,16-17H,1-3,10-12H2/t16-,17+/m0/s1. The molecular weight excluding hydrogens is 325 g/mol. The molecule has 2 aliphatic rings. The third kappa shape index (κ3) is 3.39. The van der Waals surface area contributed by atoms with Gasteiger partial charge in [0.1, 0.15) is 23.9 Å². The number of hydrogen-bond donors (Lipinski definition) is 0. The fourth-order valence-corrected chi connectivity index (χ4v) is 3.58. The molecular formula is C19H20FNO4. The lowest BCUT2D eigenvalue weighted by Gasteiger charge is -2.37. The number of carbonyl (C=O) groups is 1. The van der Waals surface area contributed by atoms with Crippen molar-refractivity contribution in [3.63, 3.8) is 0 Å². The summed E-state index contributed by atoms with van der Waals surface area (Å²) < 4.78 is 29.8. The predicted molar refractivity (Wildman–Crippen MR) is 87.9 cm³/mol. The van der Waals surface area contributed by atoms with E-state index in [1.54, 1.807) is 24.3 Å². The van der Waals surface area contributed by atoms with Crippen molar-refractivity contribution in [3.8, 4) is 5.75 Å². The zero-order chi connectivity index (χ0) is 17.2. The van der Waals surface area contributed by atoms with E-state index in [4.69, 9.17) is 13.9 Å². The first-order chi connectivity index (χ1) is 12.2. The maximum absolute atomic E-state index is 12.9. The van der Waals surface area contributed by atoms with Crippen LogP contribution in [0.25, 0.3) is 0 Å². The van der Waals surface area contributed by atoms with Gasteiger partial charge in [-0.3, -0.25) is 4.79 Å². The van der Waals surface area contributed by atoms with Gasteiger partial charge in [0.15, 0.2) is 5.76 Å². The molecule has 1 aliphatic carbocycles. The van der Waals surface area contributed by atoms with E-state index in [9.17, 15) is 9.18 Å². The molecule has 2 fully saturated rings. The fourth-order valence-electron chi connectivity index (χ4n) is 3.58. The van der Waals surface area contributed by atoms with Gasteiger partial charge in [-0.2, -0.15) is 0 Å². The van der Waals surface area contributed by atoms with E-state index in [1.165, 1.54) is 12.1 Å². The van der Waals surface area contributed by atoms with Crippen LogP contribution >= 0.6 is 0 Å². The van der Waals surface area contributed by atoms with Crippen LogP contribution in [-0.2, 0) is 11.3 Å². The molecule has 1 aromatic carbocycles. The number of rotatable bonds is 4. The van der Waals surface area contributed by atoms with E-state index in [0.29, 0.717) is 30.4 Å². The van der Waals surface area contributed by atoms with Crippen molar-refractivity contribution in [2.45, 2.75) is 38.0 Å². The third-order valence-electron chi connectivity index (χ3n) is 4.81. The molecule has 0 N–H and O–H groups in total. The number of hydrogen-bond acceptors (Lipinski definition) is 4. The molecule has 0 radical (unpaired) electrons. The van der Waals surface area contributed by atoms with Crippen LogP contribution in [0.15, 0.2) is 40.8 Å². The third-order valence-corrected chi connectivity index (χ3v) is 4.81. The predicted octanol–water partition coefficient (Wildman–Crippen LogP) is 3.39. The highest BCUT2D eigenvalue weighted by molar-refractivity contribution is 5.92. The molecule has 1 saturated heterocycles. The van der Waals surface area contributed by atoms with Crippen LogP contribution < -0.4 is 4.74 Å². The van der Waals surface area contributed by atoms with E-state index in [0.717, 1.165) is 19.3 Å². The second kappa shape index (κ2) is 6.88. The lowest BCUT2D eigenvalue weighted by molar-refractivity contribution is -0.0454. The molecule has 5 nitrogen and oxygen atoms in total. The van der Waals surface area contributed by atoms with Gasteiger partial charge < -0.3 is 18.8 Å². The Morgan fingerprint density at radius 1 is 1.20 bits per heavy atom. The summed E-state index contributed by atoms with van der Waals surface area (Å²) in [6, 6.07) is 9.36. The van der Waals surface area contributed by atoms with Crippen LogP contribution in [0.1, 0.15) is 35.6 Å². The zero-order valence-electron chi connectivity index (χ0n) is 13.8. The van der Waals surface area contributed by atoms with Crippen LogP contribution in [-0.4, -0.2) is 36.1 Å². The molecule has 2 aromatic rings. The van der Waals surface area contributed by atoms with Gasteiger partial charge in [-0.1, -0.05) is 0 Å². The molecule has 2 atom stereocenters. The summed E-state index contributed by atoms with van der Waals surface area (Å²) in [6.07, 6.45) is 3.25. The van der Waals surface area contributed by atoms with Crippen LogP contribution in [0.4, 0.5) is 4.39 Å². The largest absolute Gasteiger partial charge is 0.486 e. The molecule has 25 heavy (non-hydrogen) atoms. The van der Waals surface area contributed by atoms with Crippen LogP contribution in [0.3, 0.4) is 0 Å². The summed E-state index contributed by atoms with van der Waals surface area (Å²) in [6.45, 7) is 1.37. The van der Waals surface area contributed by atoms with E-state index >= 15 is 0 Å². The number of morpholine rings is 1. The molecule has 1 saturated carbocycles. The molecule has 2 heterocycles. The topological polar surface area (TPSA) is 51.9 Å². The fraction of sp³-hybridized carbons (Fsp3) is 0.421. The molecule has 0 bridgehead atoms. The quantitative estimate of drug-likeness (QED) is 0.852. The summed E-state index contributed by atoms with van der Waals surface area (Å²) in [4.78, 5) is 14.6. The van der Waals surface area contributed by atoms with Crippen molar-refractivity contribution in [1.29, 1.82) is 0 Å². The molecule has 0 spiro atoms. The number of fused-ring (bicyclic) bond motifs is 1. The van der Waals surface area contributed by atoms with Crippen molar-refractivity contribution in [3.05, 3.63) is 53.7 Å². The molecule has 4 rings (SSSR count). The maximum atomic E-state index is 12.9. The first-order valence-electron chi connectivity index (χ1n) is 8.60. The van der Waals surface area contributed by atoms with E-state index in [-0.39, 0.29) is 30.5 Å². The average Bonchev–Trinajstić information content (AvgIpc) is 3.29. The van der Waals surface area contributed by atoms with E-state index < -0.39 is 0 Å². The van der Waals surface area contributed by atoms with Crippen molar-refractivity contribution >= 4 is 5.91 Å². The molecule has 132 valence electrons. The molecule has 1 amide bonds. The van der Waals surface area contributed by atoms with Crippen LogP contribution in [0.5, 0.6) is 5.75 Å². The minimum absolute atomic E-state index is 0.0896. The Labute approximate surface area is 145 Å². The second-order valence-electron chi connectivity index (χ2n) is 6.41. The van der Waals surface area contributed by atoms with Gasteiger partial charge in [0, 0.05) is 6.54 Å². The Balaban J connectivity index is 1.40. The number of ether oxygens (including phenoxy) is 2. The van der Waals surface area contributed by atoms with Crippen molar-refractivity contribution < 1.29 is 23.1 Å². The number of nitrogens with zero attached hydrogens (tertiary/aromatic N) is 1. The lowest BCUT2D eigenvalue weighted by Crippen LogP contribution is -2.51. The van der Waals surface area contributed by atoms with E-state index in [2.05, 4.69) is 0 Å². The van der Waals surface area contributed by atoms with Crippen molar-refractivity contribution in [1.82, 2.24) is 4.90 Å². The first kappa shape index (κ1) is 16.1. The van der Waals surface area contributed by atoms with Gasteiger partial charge in [0.05, 0.1) is 18.8 Å². The summed E-state index contributed by atoms with van der Waals surface area (Å²) >= 11 is 0. The second-order valence-corrected chi connectivity index (χ2v) is 6.41. The summed E-state index contributed by atoms with van der Waals surface area (Å²) in [7, 11) is 0. The van der Waals surface area contributed by atoms with Gasteiger partial charge in [-0.25, -0.2) is 4.39 Å². The average molecular weight is 345 g/mol. The SMILES string of the molecule is O=C(c1ccc(COc2ccc(F)cc2)o1)N1CCO[C@@H]2CCC[C@@H]21. The molecule has 1 aromatic heterocycles. The normalized spacial score (nSPS) is 22.7. The number of furan rings is 1. The van der Waals surface area contributed by atoms with Gasteiger partial charge in [-0.15, -0.1) is 0 Å². The van der Waals surface area contributed by atoms with Gasteiger partial charge in [0.2, 0.25) is 0 Å². The highest BCUT2D eigenvalue weighted by atomic mass is 19.1.